The summed E-state index contributed by atoms with van der Waals surface area (Å²) >= 11 is 0. The minimum absolute atomic E-state index is 0.0498. The van der Waals surface area contributed by atoms with Crippen LogP contribution in [0.5, 0.6) is 0 Å². The van der Waals surface area contributed by atoms with Gasteiger partial charge in [0.05, 0.1) is 0 Å². The molecule has 0 heterocycles. The van der Waals surface area contributed by atoms with E-state index in [4.69, 9.17) is 0 Å². The fourth-order valence-corrected chi connectivity index (χ4v) is 7.71. The van der Waals surface area contributed by atoms with Gasteiger partial charge in [0.2, 0.25) is 0 Å². The van der Waals surface area contributed by atoms with Gasteiger partial charge in [0.1, 0.15) is 0 Å². The molecule has 0 atom stereocenters. The normalized spacial score (nSPS) is 16.4. The van der Waals surface area contributed by atoms with Gasteiger partial charge in [-0.2, -0.15) is 0 Å². The molecule has 4 aromatic carbocycles. The largest absolute Gasteiger partial charge is 0.289 e. The molecule has 3 aliphatic carbocycles. The molecule has 7 rings (SSSR count). The van der Waals surface area contributed by atoms with E-state index >= 15 is 4.79 Å². The summed E-state index contributed by atoms with van der Waals surface area (Å²) in [7, 11) is 0. The van der Waals surface area contributed by atoms with Gasteiger partial charge in [0.25, 0.3) is 0 Å². The Hall–Kier alpha value is -3.71. The molecule has 0 unspecified atom stereocenters. The Morgan fingerprint density at radius 3 is 1.04 bits per heavy atom. The summed E-state index contributed by atoms with van der Waals surface area (Å²) in [5, 5.41) is 2.78. The fourth-order valence-electron chi connectivity index (χ4n) is 7.71. The van der Waals surface area contributed by atoms with Gasteiger partial charge in [-0.15, -0.1) is 0 Å². The fraction of sp³-hybridized carbons (Fsp3) is 0.400. The van der Waals surface area contributed by atoms with Gasteiger partial charge in [0, 0.05) is 22.3 Å². The Kier molecular flexibility index (Phi) is 6.49. The van der Waals surface area contributed by atoms with Crippen molar-refractivity contribution in [2.45, 2.75) is 118 Å². The third kappa shape index (κ3) is 4.68. The van der Waals surface area contributed by atoms with Gasteiger partial charge in [-0.3, -0.25) is 4.79 Å². The van der Waals surface area contributed by atoms with Crippen LogP contribution in [0.3, 0.4) is 0 Å². The number of fused-ring (bicyclic) bond motifs is 3. The number of aryl methyl sites for hydroxylation is 2. The molecule has 0 amide bonds. The molecule has 3 aliphatic rings. The summed E-state index contributed by atoms with van der Waals surface area (Å²) in [6.07, 6.45) is 2.19. The average molecular weight is 607 g/mol. The van der Waals surface area contributed by atoms with Crippen molar-refractivity contribution in [2.75, 3.05) is 0 Å². The predicted octanol–water partition coefficient (Wildman–Crippen LogP) is 11.5. The highest BCUT2D eigenvalue weighted by atomic mass is 16.1. The SMILES string of the molecule is CC(C)(C)c1cc(C2=C3C(=C(c4cc(C(C)(C)C)cc(C(C)(C)C)c4)C2=O)c2ccc4c5c(ccc3c25)CC4)cc(C(C)(C)C)c1. The summed E-state index contributed by atoms with van der Waals surface area (Å²) in [5.74, 6) is 0.156. The van der Waals surface area contributed by atoms with Crippen LogP contribution in [0.1, 0.15) is 139 Å². The maximum Gasteiger partial charge on any atom is 0.195 e. The second-order valence-electron chi connectivity index (χ2n) is 18.2. The molecule has 0 saturated heterocycles. The van der Waals surface area contributed by atoms with Crippen LogP contribution in [-0.2, 0) is 39.3 Å². The molecule has 0 aliphatic heterocycles. The smallest absolute Gasteiger partial charge is 0.195 e. The Morgan fingerprint density at radius 2 is 0.739 bits per heavy atom. The van der Waals surface area contributed by atoms with Crippen molar-refractivity contribution < 1.29 is 4.79 Å². The number of hydrogen-bond donors (Lipinski definition) is 0. The van der Waals surface area contributed by atoms with Crippen molar-refractivity contribution >= 4 is 38.8 Å². The molecule has 0 spiro atoms. The first-order chi connectivity index (χ1) is 21.2. The number of carbonyl (C=O) groups is 1. The summed E-state index contributed by atoms with van der Waals surface area (Å²) in [4.78, 5) is 15.3. The van der Waals surface area contributed by atoms with Gasteiger partial charge in [-0.1, -0.05) is 144 Å². The monoisotopic (exact) mass is 606 g/mol. The molecular weight excluding hydrogens is 556 g/mol. The molecule has 0 radical (unpaired) electrons. The first-order valence-corrected chi connectivity index (χ1v) is 17.2. The minimum atomic E-state index is -0.0498. The van der Waals surface area contributed by atoms with Gasteiger partial charge >= 0.3 is 0 Å². The number of Topliss-reactive ketones (excluding diaryl/α,β-unsaturated/α-hetero) is 1. The molecule has 1 heteroatoms. The van der Waals surface area contributed by atoms with E-state index in [1.54, 1.807) is 0 Å². The molecule has 46 heavy (non-hydrogen) atoms. The molecule has 0 saturated carbocycles. The third-order valence-electron chi connectivity index (χ3n) is 10.6. The number of ketones is 1. The second-order valence-corrected chi connectivity index (χ2v) is 18.2. The topological polar surface area (TPSA) is 17.1 Å². The lowest BCUT2D eigenvalue weighted by Gasteiger charge is -2.27. The maximum absolute atomic E-state index is 15.3. The lowest BCUT2D eigenvalue weighted by Crippen LogP contribution is -2.18. The first-order valence-electron chi connectivity index (χ1n) is 17.2. The third-order valence-corrected chi connectivity index (χ3v) is 10.6. The van der Waals surface area contributed by atoms with Crippen LogP contribution >= 0.6 is 0 Å². The van der Waals surface area contributed by atoms with Crippen LogP contribution in [0.4, 0.5) is 0 Å². The molecule has 236 valence electrons. The van der Waals surface area contributed by atoms with E-state index in [1.807, 2.05) is 0 Å². The van der Waals surface area contributed by atoms with Gasteiger partial charge in [-0.25, -0.2) is 0 Å². The van der Waals surface area contributed by atoms with Crippen molar-refractivity contribution in [3.63, 3.8) is 0 Å². The molecule has 4 aromatic rings. The zero-order valence-corrected chi connectivity index (χ0v) is 30.1. The minimum Gasteiger partial charge on any atom is -0.289 e. The van der Waals surface area contributed by atoms with Crippen molar-refractivity contribution in [3.8, 4) is 0 Å². The van der Waals surface area contributed by atoms with Gasteiger partial charge < -0.3 is 0 Å². The van der Waals surface area contributed by atoms with Crippen molar-refractivity contribution in [2.24, 2.45) is 0 Å². The number of benzene rings is 4. The van der Waals surface area contributed by atoms with Crippen molar-refractivity contribution in [1.29, 1.82) is 0 Å². The molecule has 0 fully saturated rings. The van der Waals surface area contributed by atoms with Gasteiger partial charge in [-0.05, 0) is 101 Å². The summed E-state index contributed by atoms with van der Waals surface area (Å²) in [6, 6.07) is 23.2. The van der Waals surface area contributed by atoms with E-state index in [0.717, 1.165) is 46.3 Å². The van der Waals surface area contributed by atoms with E-state index in [9.17, 15) is 0 Å². The lowest BCUT2D eigenvalue weighted by atomic mass is 9.77. The molecule has 0 aromatic heterocycles. The number of allylic oxidation sites excluding steroid dienone is 4. The van der Waals surface area contributed by atoms with Crippen LogP contribution < -0.4 is 0 Å². The van der Waals surface area contributed by atoms with Crippen molar-refractivity contribution in [3.05, 3.63) is 116 Å². The van der Waals surface area contributed by atoms with Crippen molar-refractivity contribution in [1.82, 2.24) is 0 Å². The van der Waals surface area contributed by atoms with Gasteiger partial charge in [0.15, 0.2) is 5.78 Å². The highest BCUT2D eigenvalue weighted by Gasteiger charge is 2.42. The molecular formula is C45H50O. The molecule has 0 bridgehead atoms. The summed E-state index contributed by atoms with van der Waals surface area (Å²) < 4.78 is 0. The Balaban J connectivity index is 1.60. The quantitative estimate of drug-likeness (QED) is 0.222. The Morgan fingerprint density at radius 1 is 0.413 bits per heavy atom. The number of rotatable bonds is 2. The van der Waals surface area contributed by atoms with Crippen LogP contribution in [0.25, 0.3) is 33.1 Å². The Labute approximate surface area is 276 Å². The molecule has 1 nitrogen and oxygen atoms in total. The standard InChI is InChI=1S/C45H50O/c1-42(2,3)29-19-27(20-30(23-29)43(4,5)6)36-39-33-17-15-25-13-14-26-16-18-34(38(33)35(25)26)40(39)37(41(36)46)28-21-31(44(7,8)9)24-32(22-28)45(10,11)12/h15-24H,13-14H2,1-12H3. The van der Waals surface area contributed by atoms with E-state index in [-0.39, 0.29) is 27.4 Å². The van der Waals surface area contributed by atoms with Crippen LogP contribution in [-0.4, -0.2) is 5.78 Å². The predicted molar refractivity (Wildman–Crippen MR) is 198 cm³/mol. The second kappa shape index (κ2) is 9.66. The van der Waals surface area contributed by atoms with E-state index in [2.05, 4.69) is 144 Å². The number of hydrogen-bond acceptors (Lipinski definition) is 1. The maximum atomic E-state index is 15.3. The van der Waals surface area contributed by atoms with E-state index in [1.165, 1.54) is 55.3 Å². The lowest BCUT2D eigenvalue weighted by molar-refractivity contribution is -0.108. The first kappa shape index (κ1) is 30.9. The zero-order valence-electron chi connectivity index (χ0n) is 30.1. The van der Waals surface area contributed by atoms with E-state index < -0.39 is 0 Å². The average Bonchev–Trinajstić information content (AvgIpc) is 3.59. The van der Waals surface area contributed by atoms with Crippen LogP contribution in [0, 0.1) is 0 Å². The highest BCUT2D eigenvalue weighted by Crippen LogP contribution is 2.58. The number of carbonyl (C=O) groups excluding carboxylic acids is 1. The summed E-state index contributed by atoms with van der Waals surface area (Å²) in [6.45, 7) is 27.3. The van der Waals surface area contributed by atoms with Crippen LogP contribution in [0.2, 0.25) is 0 Å². The molecule has 0 N–H and O–H groups in total. The van der Waals surface area contributed by atoms with Crippen LogP contribution in [0.15, 0.2) is 60.7 Å². The highest BCUT2D eigenvalue weighted by molar-refractivity contribution is 6.61. The zero-order chi connectivity index (χ0) is 33.3. The summed E-state index contributed by atoms with van der Waals surface area (Å²) in [5.41, 5.74) is 16.3. The van der Waals surface area contributed by atoms with E-state index in [0.29, 0.717) is 0 Å². The Bertz CT molecular complexity index is 1850.